The Bertz CT molecular complexity index is 1440. The number of aryl methyl sites for hydroxylation is 1. The van der Waals surface area contributed by atoms with Gasteiger partial charge in [-0.3, -0.25) is 29.8 Å². The van der Waals surface area contributed by atoms with Crippen molar-refractivity contribution in [1.29, 1.82) is 0 Å². The van der Waals surface area contributed by atoms with Crippen LogP contribution in [0.2, 0.25) is 0 Å². The average molecular weight is 501 g/mol. The molecule has 0 aromatic heterocycles. The molecule has 3 N–H and O–H groups in total. The molecule has 10 nitrogen and oxygen atoms in total. The molecule has 3 aromatic carbocycles. The average Bonchev–Trinajstić information content (AvgIpc) is 3.34. The number of fused-ring (bicyclic) bond motifs is 1. The second kappa shape index (κ2) is 8.82. The number of carboxylic acids is 1. The summed E-state index contributed by atoms with van der Waals surface area (Å²) in [7, 11) is 0. The van der Waals surface area contributed by atoms with Crippen LogP contribution in [0.4, 0.5) is 11.4 Å². The maximum absolute atomic E-state index is 13.9. The highest BCUT2D eigenvalue weighted by Crippen LogP contribution is 2.52. The van der Waals surface area contributed by atoms with Gasteiger partial charge in [0.25, 0.3) is 5.69 Å². The number of imide groups is 1. The molecule has 2 heterocycles. The maximum Gasteiger partial charge on any atom is 0.325 e. The number of phenols is 1. The summed E-state index contributed by atoms with van der Waals surface area (Å²) in [6.07, 6.45) is -0.109. The smallest absolute Gasteiger partial charge is 0.325 e. The number of benzene rings is 3. The number of aliphatic carboxylic acids is 1. The zero-order chi connectivity index (χ0) is 26.5. The molecular formula is C27H23N3O7. The molecule has 37 heavy (non-hydrogen) atoms. The number of aromatic hydroxyl groups is 1. The second-order valence-corrected chi connectivity index (χ2v) is 9.42. The molecule has 0 aliphatic carbocycles. The molecule has 2 amide bonds. The normalized spacial score (nSPS) is 24.8. The minimum atomic E-state index is -1.89. The van der Waals surface area contributed by atoms with Crippen molar-refractivity contribution in [2.75, 3.05) is 4.90 Å². The van der Waals surface area contributed by atoms with Gasteiger partial charge in [0.05, 0.1) is 16.8 Å². The van der Waals surface area contributed by atoms with Crippen LogP contribution in [-0.4, -0.2) is 38.5 Å². The Morgan fingerprint density at radius 1 is 1.05 bits per heavy atom. The number of carbonyl (C=O) groups is 3. The van der Waals surface area contributed by atoms with E-state index in [-0.39, 0.29) is 17.9 Å². The molecule has 2 aliphatic heterocycles. The molecule has 0 radical (unpaired) electrons. The number of amides is 2. The molecule has 188 valence electrons. The number of nitrogens with one attached hydrogen (secondary N) is 1. The first-order valence-corrected chi connectivity index (χ1v) is 11.6. The molecule has 0 bridgehead atoms. The van der Waals surface area contributed by atoms with Crippen LogP contribution in [0.15, 0.2) is 72.8 Å². The van der Waals surface area contributed by atoms with Crippen LogP contribution in [0, 0.1) is 28.9 Å². The van der Waals surface area contributed by atoms with Gasteiger partial charge in [-0.15, -0.1) is 0 Å². The summed E-state index contributed by atoms with van der Waals surface area (Å²) in [6.45, 7) is 1.65. The van der Waals surface area contributed by atoms with E-state index in [1.165, 1.54) is 24.3 Å². The summed E-state index contributed by atoms with van der Waals surface area (Å²) >= 11 is 0. The van der Waals surface area contributed by atoms with Crippen molar-refractivity contribution in [2.45, 2.75) is 24.9 Å². The standard InChI is InChI=1S/C27H23N3O7/c1-15-10-11-19(20(12-15)30(36)37)29-24(32)21-22(25(29)33)27(26(34)35,14-16-6-3-2-4-7-16)28-23(21)17-8-5-9-18(31)13-17/h2-13,21-23,28,31H,14H2,1H3,(H,34,35)/t21-,22-,23-,27-/m0/s1. The highest BCUT2D eigenvalue weighted by Gasteiger charge is 2.69. The SMILES string of the molecule is Cc1ccc(N2C(=O)[C@H]3[C@@H](C2=O)[C@@](Cc2ccccc2)(C(=O)O)N[C@H]3c2cccc(O)c2)c([N+](=O)[O-])c1. The van der Waals surface area contributed by atoms with Crippen molar-refractivity contribution < 1.29 is 29.5 Å². The van der Waals surface area contributed by atoms with Gasteiger partial charge in [-0.05, 0) is 41.8 Å². The summed E-state index contributed by atoms with van der Waals surface area (Å²) in [5.74, 6) is -5.50. The number of nitrogens with zero attached hydrogens (tertiary/aromatic N) is 2. The van der Waals surface area contributed by atoms with Gasteiger partial charge in [-0.1, -0.05) is 48.5 Å². The fraction of sp³-hybridized carbons (Fsp3) is 0.222. The number of anilines is 1. The van der Waals surface area contributed by atoms with Gasteiger partial charge in [-0.2, -0.15) is 0 Å². The Balaban J connectivity index is 1.70. The lowest BCUT2D eigenvalue weighted by atomic mass is 9.76. The predicted molar refractivity (Wildman–Crippen MR) is 132 cm³/mol. The van der Waals surface area contributed by atoms with Gasteiger partial charge >= 0.3 is 5.97 Å². The summed E-state index contributed by atoms with van der Waals surface area (Å²) in [4.78, 5) is 52.6. The molecule has 2 saturated heterocycles. The molecule has 0 unspecified atom stereocenters. The molecule has 10 heteroatoms. The first-order chi connectivity index (χ1) is 17.6. The van der Waals surface area contributed by atoms with E-state index in [4.69, 9.17) is 0 Å². The Morgan fingerprint density at radius 3 is 2.43 bits per heavy atom. The summed E-state index contributed by atoms with van der Waals surface area (Å²) in [5, 5.41) is 35.5. The highest BCUT2D eigenvalue weighted by molar-refractivity contribution is 6.25. The van der Waals surface area contributed by atoms with Crippen LogP contribution in [-0.2, 0) is 20.8 Å². The number of carboxylic acid groups (broad SMARTS) is 1. The Labute approximate surface area is 211 Å². The molecule has 4 atom stereocenters. The van der Waals surface area contributed by atoms with Crippen molar-refractivity contribution in [3.05, 3.63) is 99.6 Å². The number of phenolic OH excluding ortho intramolecular Hbond substituents is 1. The third kappa shape index (κ3) is 3.82. The number of rotatable bonds is 6. The highest BCUT2D eigenvalue weighted by atomic mass is 16.6. The van der Waals surface area contributed by atoms with Crippen LogP contribution in [0.25, 0.3) is 0 Å². The Kier molecular flexibility index (Phi) is 5.76. The van der Waals surface area contributed by atoms with E-state index in [9.17, 15) is 34.7 Å². The van der Waals surface area contributed by atoms with Gasteiger partial charge < -0.3 is 10.2 Å². The molecule has 2 fully saturated rings. The maximum atomic E-state index is 13.9. The third-order valence-corrected chi connectivity index (χ3v) is 7.16. The molecule has 0 saturated carbocycles. The van der Waals surface area contributed by atoms with Gasteiger partial charge in [0.2, 0.25) is 11.8 Å². The lowest BCUT2D eigenvalue weighted by molar-refractivity contribution is -0.384. The van der Waals surface area contributed by atoms with Gasteiger partial charge in [0, 0.05) is 18.5 Å². The molecule has 5 rings (SSSR count). The lowest BCUT2D eigenvalue weighted by Crippen LogP contribution is -2.57. The van der Waals surface area contributed by atoms with Crippen molar-refractivity contribution in [2.24, 2.45) is 11.8 Å². The topological polar surface area (TPSA) is 150 Å². The van der Waals surface area contributed by atoms with Crippen LogP contribution >= 0.6 is 0 Å². The number of nitro benzene ring substituents is 1. The van der Waals surface area contributed by atoms with Gasteiger partial charge in [0.1, 0.15) is 17.0 Å². The van der Waals surface area contributed by atoms with Crippen molar-refractivity contribution >= 4 is 29.2 Å². The monoisotopic (exact) mass is 501 g/mol. The molecule has 0 spiro atoms. The van der Waals surface area contributed by atoms with E-state index in [2.05, 4.69) is 5.32 Å². The minimum absolute atomic E-state index is 0.0884. The predicted octanol–water partition coefficient (Wildman–Crippen LogP) is 3.13. The van der Waals surface area contributed by atoms with Crippen LogP contribution in [0.3, 0.4) is 0 Å². The van der Waals surface area contributed by atoms with E-state index < -0.39 is 51.8 Å². The van der Waals surface area contributed by atoms with E-state index in [0.29, 0.717) is 16.7 Å². The Hall–Kier alpha value is -4.57. The fourth-order valence-electron chi connectivity index (χ4n) is 5.57. The zero-order valence-corrected chi connectivity index (χ0v) is 19.7. The minimum Gasteiger partial charge on any atom is -0.508 e. The fourth-order valence-corrected chi connectivity index (χ4v) is 5.57. The summed E-state index contributed by atoms with van der Waals surface area (Å²) < 4.78 is 0. The van der Waals surface area contributed by atoms with Crippen molar-refractivity contribution in [3.63, 3.8) is 0 Å². The molecular weight excluding hydrogens is 478 g/mol. The number of carbonyl (C=O) groups excluding carboxylic acids is 2. The van der Waals surface area contributed by atoms with Crippen LogP contribution in [0.5, 0.6) is 5.75 Å². The first kappa shape index (κ1) is 24.1. The van der Waals surface area contributed by atoms with E-state index in [1.807, 2.05) is 0 Å². The zero-order valence-electron chi connectivity index (χ0n) is 19.7. The van der Waals surface area contributed by atoms with Crippen LogP contribution < -0.4 is 10.2 Å². The number of hydrogen-bond acceptors (Lipinski definition) is 7. The molecule has 2 aliphatic rings. The quantitative estimate of drug-likeness (QED) is 0.265. The molecule has 3 aromatic rings. The van der Waals surface area contributed by atoms with E-state index in [1.54, 1.807) is 55.5 Å². The van der Waals surface area contributed by atoms with E-state index >= 15 is 0 Å². The number of nitro groups is 1. The summed E-state index contributed by atoms with van der Waals surface area (Å²) in [6, 6.07) is 18.0. The number of hydrogen-bond donors (Lipinski definition) is 3. The van der Waals surface area contributed by atoms with Crippen molar-refractivity contribution in [3.8, 4) is 5.75 Å². The van der Waals surface area contributed by atoms with E-state index in [0.717, 1.165) is 4.90 Å². The van der Waals surface area contributed by atoms with Gasteiger partial charge in [-0.25, -0.2) is 4.90 Å². The Morgan fingerprint density at radius 2 is 1.78 bits per heavy atom. The lowest BCUT2D eigenvalue weighted by Gasteiger charge is -2.31. The largest absolute Gasteiger partial charge is 0.508 e. The second-order valence-electron chi connectivity index (χ2n) is 9.42. The first-order valence-electron chi connectivity index (χ1n) is 11.6. The van der Waals surface area contributed by atoms with Crippen molar-refractivity contribution in [1.82, 2.24) is 5.32 Å². The van der Waals surface area contributed by atoms with Crippen LogP contribution in [0.1, 0.15) is 22.7 Å². The summed E-state index contributed by atoms with van der Waals surface area (Å²) in [5.41, 5.74) is -0.886. The van der Waals surface area contributed by atoms with Gasteiger partial charge in [0.15, 0.2) is 0 Å². The third-order valence-electron chi connectivity index (χ3n) is 7.16.